The first-order chi connectivity index (χ1) is 21.6. The molecule has 3 aromatic carbocycles. The van der Waals surface area contributed by atoms with Crippen LogP contribution in [-0.4, -0.2) is 38.9 Å². The molecule has 0 saturated carbocycles. The fourth-order valence-electron chi connectivity index (χ4n) is 4.79. The number of fused-ring (bicyclic) bond motifs is 2. The van der Waals surface area contributed by atoms with Gasteiger partial charge in [-0.2, -0.15) is 0 Å². The van der Waals surface area contributed by atoms with Crippen LogP contribution >= 0.6 is 7.82 Å². The molecule has 0 saturated heterocycles. The van der Waals surface area contributed by atoms with E-state index in [2.05, 4.69) is 9.84 Å². The fraction of sp³-hybridized carbons (Fsp3) is 0.0667. The summed E-state index contributed by atoms with van der Waals surface area (Å²) >= 11 is 0. The molecule has 16 heteroatoms. The number of phosphoric acid groups is 1. The molecule has 1 heterocycles. The van der Waals surface area contributed by atoms with E-state index in [0.29, 0.717) is 5.56 Å². The number of hydrogen-bond donors (Lipinski definition) is 5. The third kappa shape index (κ3) is 6.56. The van der Waals surface area contributed by atoms with Crippen molar-refractivity contribution < 1.29 is 56.7 Å². The minimum absolute atomic E-state index is 0.0737. The van der Waals surface area contributed by atoms with Gasteiger partial charge in [0.2, 0.25) is 11.3 Å². The lowest BCUT2D eigenvalue weighted by Crippen LogP contribution is -2.45. The molecular weight excluding hydrogens is 633 g/mol. The second-order valence-electron chi connectivity index (χ2n) is 9.96. The number of hydrogen-bond acceptors (Lipinski definition) is 9. The zero-order valence-corrected chi connectivity index (χ0v) is 23.9. The van der Waals surface area contributed by atoms with Crippen LogP contribution in [0, 0.1) is 11.6 Å². The number of carbonyl (C=O) groups is 3. The van der Waals surface area contributed by atoms with Crippen molar-refractivity contribution >= 4 is 36.6 Å². The van der Waals surface area contributed by atoms with Gasteiger partial charge in [0.05, 0.1) is 5.56 Å². The van der Waals surface area contributed by atoms with Gasteiger partial charge in [0.1, 0.15) is 23.1 Å². The highest BCUT2D eigenvalue weighted by Gasteiger charge is 2.26. The third-order valence-electron chi connectivity index (χ3n) is 6.86. The minimum Gasteiger partial charge on any atom is -0.746 e. The molecule has 0 radical (unpaired) electrons. The Bertz CT molecular complexity index is 2130. The summed E-state index contributed by atoms with van der Waals surface area (Å²) in [6.45, 7) is 0. The molecule has 6 N–H and O–H groups in total. The Morgan fingerprint density at radius 2 is 1.70 bits per heavy atom. The van der Waals surface area contributed by atoms with Crippen LogP contribution in [0.25, 0.3) is 33.4 Å². The smallest absolute Gasteiger partial charge is 0.336 e. The summed E-state index contributed by atoms with van der Waals surface area (Å²) in [5.41, 5.74) is 3.61. The molecule has 2 aliphatic rings. The van der Waals surface area contributed by atoms with Crippen molar-refractivity contribution in [3.8, 4) is 33.9 Å². The van der Waals surface area contributed by atoms with Crippen molar-refractivity contribution in [1.29, 1.82) is 0 Å². The number of amides is 2. The number of phenols is 1. The van der Waals surface area contributed by atoms with Gasteiger partial charge in [-0.15, -0.1) is 0 Å². The minimum atomic E-state index is -5.05. The maximum absolute atomic E-state index is 14.5. The summed E-state index contributed by atoms with van der Waals surface area (Å²) in [7, 11) is -5.05. The molecule has 236 valence electrons. The number of benzene rings is 4. The van der Waals surface area contributed by atoms with Gasteiger partial charge in [0.25, 0.3) is 5.91 Å². The number of nitrogens with two attached hydrogens (primary N) is 1. The first-order valence-electron chi connectivity index (χ1n) is 13.0. The molecule has 46 heavy (non-hydrogen) atoms. The Kier molecular flexibility index (Phi) is 8.32. The van der Waals surface area contributed by atoms with E-state index in [1.54, 1.807) is 0 Å². The molecular formula is C30H20F2N2O11P-. The predicted octanol–water partition coefficient (Wildman–Crippen LogP) is 2.91. The van der Waals surface area contributed by atoms with Crippen LogP contribution in [0.2, 0.25) is 0 Å². The number of phosphoric ester groups is 1. The zero-order chi connectivity index (χ0) is 33.5. The highest BCUT2D eigenvalue weighted by Crippen LogP contribution is 2.43. The van der Waals surface area contributed by atoms with Crippen molar-refractivity contribution in [3.63, 3.8) is 0 Å². The Balaban J connectivity index is 1.53. The van der Waals surface area contributed by atoms with Crippen LogP contribution in [0.4, 0.5) is 8.78 Å². The van der Waals surface area contributed by atoms with Gasteiger partial charge in [-0.25, -0.2) is 13.6 Å². The average Bonchev–Trinajstić information content (AvgIpc) is 2.97. The Hall–Kier alpha value is -5.63. The molecule has 2 atom stereocenters. The van der Waals surface area contributed by atoms with E-state index in [4.69, 9.17) is 15.0 Å². The lowest BCUT2D eigenvalue weighted by molar-refractivity contribution is -0.211. The number of carboxylic acid groups (broad SMARTS) is 1. The predicted molar refractivity (Wildman–Crippen MR) is 154 cm³/mol. The van der Waals surface area contributed by atoms with E-state index in [9.17, 15) is 47.6 Å². The van der Waals surface area contributed by atoms with Crippen LogP contribution in [0.1, 0.15) is 26.3 Å². The molecule has 0 bridgehead atoms. The third-order valence-corrected chi connectivity index (χ3v) is 7.30. The van der Waals surface area contributed by atoms with Gasteiger partial charge in [-0.05, 0) is 47.5 Å². The second kappa shape index (κ2) is 12.0. The average molecular weight is 653 g/mol. The number of aromatic hydroxyl groups is 1. The lowest BCUT2D eigenvalue weighted by atomic mass is 9.89. The molecule has 3 aromatic rings. The van der Waals surface area contributed by atoms with Crippen molar-refractivity contribution in [2.75, 3.05) is 0 Å². The van der Waals surface area contributed by atoms with Gasteiger partial charge >= 0.3 is 13.8 Å². The number of rotatable bonds is 9. The Labute approximate surface area is 256 Å². The van der Waals surface area contributed by atoms with E-state index in [1.165, 1.54) is 36.4 Å². The summed E-state index contributed by atoms with van der Waals surface area (Å²) < 4.78 is 49.8. The second-order valence-corrected chi connectivity index (χ2v) is 11.1. The molecule has 13 nitrogen and oxygen atoms in total. The lowest BCUT2D eigenvalue weighted by Gasteiger charge is -2.19. The largest absolute Gasteiger partial charge is 0.746 e. The highest BCUT2D eigenvalue weighted by molar-refractivity contribution is 7.45. The van der Waals surface area contributed by atoms with Crippen molar-refractivity contribution in [2.24, 2.45) is 5.73 Å². The number of nitrogens with one attached hydrogen (secondary N) is 1. The zero-order valence-electron chi connectivity index (χ0n) is 23.0. The normalized spacial score (nSPS) is 13.2. The molecule has 0 spiro atoms. The van der Waals surface area contributed by atoms with Crippen molar-refractivity contribution in [1.82, 2.24) is 5.32 Å². The number of carbonyl (C=O) groups excluding carboxylic acids is 2. The summed E-state index contributed by atoms with van der Waals surface area (Å²) in [4.78, 5) is 69.5. The first kappa shape index (κ1) is 31.8. The number of phenolic OH excluding ortho intramolecular Hbond substituents is 1. The van der Waals surface area contributed by atoms with Crippen LogP contribution < -0.4 is 25.9 Å². The molecule has 1 aliphatic heterocycles. The molecule has 0 fully saturated rings. The van der Waals surface area contributed by atoms with Crippen LogP contribution in [0.15, 0.2) is 75.9 Å². The molecule has 1 aliphatic carbocycles. The summed E-state index contributed by atoms with van der Waals surface area (Å²) in [6.07, 6.45) is -0.170. The number of halogens is 2. The molecule has 5 rings (SSSR count). The summed E-state index contributed by atoms with van der Waals surface area (Å²) in [5.74, 6) is -6.94. The van der Waals surface area contributed by atoms with Gasteiger partial charge in [-0.1, -0.05) is 18.2 Å². The van der Waals surface area contributed by atoms with Crippen LogP contribution in [0.3, 0.4) is 0 Å². The van der Waals surface area contributed by atoms with Gasteiger partial charge < -0.3 is 40.0 Å². The van der Waals surface area contributed by atoms with Crippen molar-refractivity contribution in [2.45, 2.75) is 12.5 Å². The Morgan fingerprint density at radius 1 is 1.00 bits per heavy atom. The number of aromatic carboxylic acids is 1. The fourth-order valence-corrected chi connectivity index (χ4v) is 5.18. The Morgan fingerprint density at radius 3 is 2.33 bits per heavy atom. The van der Waals surface area contributed by atoms with Crippen molar-refractivity contribution in [3.05, 3.63) is 105 Å². The van der Waals surface area contributed by atoms with Crippen LogP contribution in [0.5, 0.6) is 11.5 Å². The van der Waals surface area contributed by atoms with E-state index in [1.807, 2.05) is 0 Å². The van der Waals surface area contributed by atoms with Crippen LogP contribution in [-0.2, 0) is 15.8 Å². The van der Waals surface area contributed by atoms with Gasteiger partial charge in [-0.3, -0.25) is 18.9 Å². The SMILES string of the molecule is NC(=O)C(Cc1ccc(OP(=O)([O-])O)cc1)NC(=O)c1ccc(-c2c3cc(F)c(=O)cc-3oc3cc(O)c(F)cc23)c(C(=O)O)c1. The van der Waals surface area contributed by atoms with E-state index >= 15 is 0 Å². The standard InChI is InChI=1S/C30H21F2N2O11P/c31-20-9-18-25(11-23(20)35)44-26-12-24(36)21(32)10-19(26)27(18)16-6-3-14(8-17(16)30(39)40)29(38)34-22(28(33)37)7-13-1-4-15(5-2-13)45-46(41,42)43/h1-6,8-12,22,35H,7H2,(H2,33,37)(H,34,38)(H,39,40)(H2,41,42,43)/p-1. The molecule has 2 amide bonds. The van der Waals surface area contributed by atoms with E-state index < -0.39 is 60.0 Å². The van der Waals surface area contributed by atoms with E-state index in [-0.39, 0.29) is 51.2 Å². The first-order valence-corrected chi connectivity index (χ1v) is 14.5. The van der Waals surface area contributed by atoms with Gasteiger partial charge in [0, 0.05) is 40.6 Å². The molecule has 2 unspecified atom stereocenters. The maximum Gasteiger partial charge on any atom is 0.336 e. The summed E-state index contributed by atoms with van der Waals surface area (Å²) in [5, 5.41) is 22.3. The number of primary amides is 1. The maximum atomic E-state index is 14.5. The summed E-state index contributed by atoms with van der Waals surface area (Å²) in [6, 6.07) is 10.5. The quantitative estimate of drug-likeness (QED) is 0.115. The van der Waals surface area contributed by atoms with E-state index in [0.717, 1.165) is 30.3 Å². The topological polar surface area (TPSA) is 230 Å². The molecule has 0 aromatic heterocycles. The highest BCUT2D eigenvalue weighted by atomic mass is 31.2. The number of carboxylic acids is 1. The monoisotopic (exact) mass is 653 g/mol. The van der Waals surface area contributed by atoms with Gasteiger partial charge in [0.15, 0.2) is 17.4 Å².